The summed E-state index contributed by atoms with van der Waals surface area (Å²) in [4.78, 5) is 12.3. The number of amides is 1. The Balaban J connectivity index is 1.76. The highest BCUT2D eigenvalue weighted by atomic mass is 16.3. The van der Waals surface area contributed by atoms with Gasteiger partial charge >= 0.3 is 0 Å². The fourth-order valence-electron chi connectivity index (χ4n) is 3.32. The Morgan fingerprint density at radius 1 is 1.42 bits per heavy atom. The van der Waals surface area contributed by atoms with Gasteiger partial charge in [0.2, 0.25) is 0 Å². The molecule has 1 saturated heterocycles. The predicted molar refractivity (Wildman–Crippen MR) is 94.1 cm³/mol. The van der Waals surface area contributed by atoms with Gasteiger partial charge in [-0.05, 0) is 56.8 Å². The number of aryl methyl sites for hydroxylation is 1. The molecular formula is C18H26N4O2. The minimum absolute atomic E-state index is 0.0827. The first-order chi connectivity index (χ1) is 11.7. The number of carbonyl (C=O) groups excluding carboxylic acids is 1. The largest absolute Gasteiger partial charge is 0.396 e. The molecule has 1 aromatic heterocycles. The Morgan fingerprint density at radius 3 is 2.96 bits per heavy atom. The number of aliphatic hydroxyl groups is 1. The van der Waals surface area contributed by atoms with Crippen LogP contribution in [0.3, 0.4) is 0 Å². The van der Waals surface area contributed by atoms with E-state index in [0.29, 0.717) is 24.4 Å². The molecule has 1 fully saturated rings. The lowest BCUT2D eigenvalue weighted by atomic mass is 9.98. The highest BCUT2D eigenvalue weighted by Crippen LogP contribution is 2.22. The molecule has 24 heavy (non-hydrogen) atoms. The fourth-order valence-corrected chi connectivity index (χ4v) is 3.32. The van der Waals surface area contributed by atoms with E-state index < -0.39 is 0 Å². The third-order valence-corrected chi connectivity index (χ3v) is 4.75. The molecule has 3 rings (SSSR count). The van der Waals surface area contributed by atoms with Crippen LogP contribution in [0.2, 0.25) is 0 Å². The lowest BCUT2D eigenvalue weighted by Crippen LogP contribution is -2.29. The van der Waals surface area contributed by atoms with Crippen LogP contribution < -0.4 is 10.6 Å². The number of fused-ring (bicyclic) bond motifs is 1. The summed E-state index contributed by atoms with van der Waals surface area (Å²) < 4.78 is 2.03. The summed E-state index contributed by atoms with van der Waals surface area (Å²) in [6.45, 7) is 5.63. The van der Waals surface area contributed by atoms with Gasteiger partial charge in [-0.1, -0.05) is 6.07 Å². The smallest absolute Gasteiger partial charge is 0.251 e. The van der Waals surface area contributed by atoms with Gasteiger partial charge in [-0.15, -0.1) is 0 Å². The van der Waals surface area contributed by atoms with Crippen LogP contribution in [-0.2, 0) is 6.54 Å². The molecule has 0 unspecified atom stereocenters. The Labute approximate surface area is 142 Å². The zero-order valence-corrected chi connectivity index (χ0v) is 14.2. The number of benzene rings is 1. The molecule has 0 saturated carbocycles. The normalized spacial score (nSPS) is 15.8. The van der Waals surface area contributed by atoms with Gasteiger partial charge in [0, 0.05) is 36.8 Å². The number of nitrogens with one attached hydrogen (secondary N) is 2. The van der Waals surface area contributed by atoms with Gasteiger partial charge in [-0.25, -0.2) is 0 Å². The lowest BCUT2D eigenvalue weighted by Gasteiger charge is -2.22. The van der Waals surface area contributed by atoms with Gasteiger partial charge in [0.25, 0.3) is 5.91 Å². The minimum Gasteiger partial charge on any atom is -0.396 e. The van der Waals surface area contributed by atoms with Crippen LogP contribution in [0.4, 0.5) is 0 Å². The fraction of sp³-hybridized carbons (Fsp3) is 0.556. The monoisotopic (exact) mass is 330 g/mol. The second-order valence-electron chi connectivity index (χ2n) is 6.55. The van der Waals surface area contributed by atoms with Crippen molar-refractivity contribution in [3.8, 4) is 0 Å². The van der Waals surface area contributed by atoms with Crippen molar-refractivity contribution in [1.82, 2.24) is 20.4 Å². The molecule has 2 heterocycles. The van der Waals surface area contributed by atoms with E-state index in [9.17, 15) is 4.79 Å². The first kappa shape index (κ1) is 16.9. The van der Waals surface area contributed by atoms with E-state index in [1.165, 1.54) is 12.8 Å². The van der Waals surface area contributed by atoms with E-state index >= 15 is 0 Å². The van der Waals surface area contributed by atoms with Crippen LogP contribution in [0.5, 0.6) is 0 Å². The van der Waals surface area contributed by atoms with Crippen molar-refractivity contribution in [3.05, 3.63) is 29.5 Å². The van der Waals surface area contributed by atoms with Crippen molar-refractivity contribution in [2.75, 3.05) is 26.2 Å². The van der Waals surface area contributed by atoms with Crippen molar-refractivity contribution in [1.29, 1.82) is 0 Å². The standard InChI is InChI=1S/C18H26N4O2/c1-13-16(18(24)20-7-2-10-23)4-3-15-12-22(21-17(13)15)11-14-5-8-19-9-6-14/h3-4,12,14,19,23H,2,5-11H2,1H3,(H,20,24). The maximum absolute atomic E-state index is 12.3. The predicted octanol–water partition coefficient (Wildman–Crippen LogP) is 1.46. The Hall–Kier alpha value is -1.92. The van der Waals surface area contributed by atoms with Gasteiger partial charge in [-0.2, -0.15) is 5.10 Å². The lowest BCUT2D eigenvalue weighted by molar-refractivity contribution is 0.0950. The summed E-state index contributed by atoms with van der Waals surface area (Å²) in [5.74, 6) is 0.567. The van der Waals surface area contributed by atoms with Crippen LogP contribution in [0.25, 0.3) is 10.9 Å². The highest BCUT2D eigenvalue weighted by Gasteiger charge is 2.16. The first-order valence-electron chi connectivity index (χ1n) is 8.75. The quantitative estimate of drug-likeness (QED) is 0.701. The zero-order chi connectivity index (χ0) is 16.9. The summed E-state index contributed by atoms with van der Waals surface area (Å²) in [6, 6.07) is 3.83. The summed E-state index contributed by atoms with van der Waals surface area (Å²) in [5, 5.41) is 20.8. The third-order valence-electron chi connectivity index (χ3n) is 4.75. The van der Waals surface area contributed by atoms with Crippen molar-refractivity contribution in [3.63, 3.8) is 0 Å². The number of rotatable bonds is 6. The van der Waals surface area contributed by atoms with E-state index in [2.05, 4.69) is 16.8 Å². The molecule has 0 bridgehead atoms. The molecule has 1 aliphatic heterocycles. The van der Waals surface area contributed by atoms with E-state index in [-0.39, 0.29) is 12.5 Å². The van der Waals surface area contributed by atoms with Crippen molar-refractivity contribution in [2.24, 2.45) is 5.92 Å². The number of aliphatic hydroxyl groups excluding tert-OH is 1. The molecule has 2 aromatic rings. The van der Waals surface area contributed by atoms with Gasteiger partial charge in [0.15, 0.2) is 0 Å². The Bertz CT molecular complexity index is 704. The number of hydrogen-bond acceptors (Lipinski definition) is 4. The summed E-state index contributed by atoms with van der Waals surface area (Å²) >= 11 is 0. The van der Waals surface area contributed by atoms with Gasteiger partial charge in [0.1, 0.15) is 0 Å². The molecule has 130 valence electrons. The topological polar surface area (TPSA) is 79.2 Å². The molecule has 6 nitrogen and oxygen atoms in total. The van der Waals surface area contributed by atoms with E-state index in [0.717, 1.165) is 36.1 Å². The molecule has 3 N–H and O–H groups in total. The van der Waals surface area contributed by atoms with E-state index in [1.54, 1.807) is 0 Å². The Morgan fingerprint density at radius 2 is 2.21 bits per heavy atom. The molecule has 0 radical (unpaired) electrons. The van der Waals surface area contributed by atoms with Crippen LogP contribution in [0, 0.1) is 12.8 Å². The van der Waals surface area contributed by atoms with Gasteiger partial charge in [-0.3, -0.25) is 9.48 Å². The van der Waals surface area contributed by atoms with Crippen LogP contribution in [-0.4, -0.2) is 47.0 Å². The molecule has 0 aliphatic carbocycles. The minimum atomic E-state index is -0.101. The SMILES string of the molecule is Cc1c(C(=O)NCCCO)ccc2cn(CC3CCNCC3)nc12. The molecule has 1 amide bonds. The molecule has 0 spiro atoms. The molecule has 6 heteroatoms. The average molecular weight is 330 g/mol. The van der Waals surface area contributed by atoms with Crippen LogP contribution in [0.1, 0.15) is 35.2 Å². The third kappa shape index (κ3) is 3.76. The number of nitrogens with zero attached hydrogens (tertiary/aromatic N) is 2. The van der Waals surface area contributed by atoms with E-state index in [1.807, 2.05) is 23.7 Å². The molecule has 1 aromatic carbocycles. The summed E-state index contributed by atoms with van der Waals surface area (Å²) in [5.41, 5.74) is 2.48. The molecular weight excluding hydrogens is 304 g/mol. The second-order valence-corrected chi connectivity index (χ2v) is 6.55. The maximum atomic E-state index is 12.3. The zero-order valence-electron chi connectivity index (χ0n) is 14.2. The molecule has 0 atom stereocenters. The average Bonchev–Trinajstić information content (AvgIpc) is 3.00. The highest BCUT2D eigenvalue weighted by molar-refractivity contribution is 6.00. The Kier molecular flexibility index (Phi) is 5.48. The summed E-state index contributed by atoms with van der Waals surface area (Å²) in [6.07, 6.45) is 5.02. The molecule has 1 aliphatic rings. The van der Waals surface area contributed by atoms with Crippen molar-refractivity contribution >= 4 is 16.8 Å². The van der Waals surface area contributed by atoms with Crippen LogP contribution >= 0.6 is 0 Å². The van der Waals surface area contributed by atoms with Crippen molar-refractivity contribution in [2.45, 2.75) is 32.7 Å². The number of aromatic nitrogens is 2. The first-order valence-corrected chi connectivity index (χ1v) is 8.75. The van der Waals surface area contributed by atoms with Gasteiger partial charge < -0.3 is 15.7 Å². The van der Waals surface area contributed by atoms with E-state index in [4.69, 9.17) is 10.2 Å². The number of piperidine rings is 1. The van der Waals surface area contributed by atoms with Crippen LogP contribution in [0.15, 0.2) is 18.3 Å². The number of hydrogen-bond donors (Lipinski definition) is 3. The number of carbonyl (C=O) groups is 1. The maximum Gasteiger partial charge on any atom is 0.251 e. The van der Waals surface area contributed by atoms with Crippen molar-refractivity contribution < 1.29 is 9.90 Å². The van der Waals surface area contributed by atoms with Gasteiger partial charge in [0.05, 0.1) is 5.52 Å². The second kappa shape index (κ2) is 7.77. The summed E-state index contributed by atoms with van der Waals surface area (Å²) in [7, 11) is 0.